The number of alkyl halides is 3. The van der Waals surface area contributed by atoms with Crippen LogP contribution in [-0.4, -0.2) is 34.9 Å². The Balaban J connectivity index is 2.95. The molecular weight excluding hydrogens is 285 g/mol. The quantitative estimate of drug-likeness (QED) is 0.725. The van der Waals surface area contributed by atoms with Gasteiger partial charge in [-0.2, -0.15) is 13.2 Å². The highest BCUT2D eigenvalue weighted by Crippen LogP contribution is 2.35. The van der Waals surface area contributed by atoms with Gasteiger partial charge in [-0.05, 0) is 26.1 Å². The van der Waals surface area contributed by atoms with Crippen LogP contribution in [0.1, 0.15) is 23.7 Å². The molecule has 108 valence electrons. The summed E-state index contributed by atoms with van der Waals surface area (Å²) < 4.78 is 37.9. The van der Waals surface area contributed by atoms with Crippen LogP contribution in [0.2, 0.25) is 5.15 Å². The molecular formula is C11H14ClF3N2O2. The van der Waals surface area contributed by atoms with Gasteiger partial charge in [-0.1, -0.05) is 11.6 Å². The first-order valence-corrected chi connectivity index (χ1v) is 5.88. The number of rotatable bonds is 5. The number of aliphatic hydroxyl groups is 2. The molecule has 19 heavy (non-hydrogen) atoms. The number of nitrogens with one attached hydrogen (secondary N) is 1. The minimum absolute atomic E-state index is 0.125. The minimum Gasteiger partial charge on any atom is -0.390 e. The molecule has 2 atom stereocenters. The molecule has 0 amide bonds. The third-order valence-corrected chi connectivity index (χ3v) is 2.86. The van der Waals surface area contributed by atoms with Crippen LogP contribution in [0.25, 0.3) is 0 Å². The van der Waals surface area contributed by atoms with Crippen molar-refractivity contribution in [3.63, 3.8) is 0 Å². The van der Waals surface area contributed by atoms with Crippen molar-refractivity contribution < 1.29 is 23.4 Å². The maximum absolute atomic E-state index is 12.6. The molecule has 3 N–H and O–H groups in total. The highest BCUT2D eigenvalue weighted by molar-refractivity contribution is 6.30. The Hall–Kier alpha value is -0.890. The Morgan fingerprint density at radius 2 is 2.05 bits per heavy atom. The molecule has 1 aromatic rings. The Morgan fingerprint density at radius 1 is 1.42 bits per heavy atom. The first kappa shape index (κ1) is 16.2. The van der Waals surface area contributed by atoms with Crippen LogP contribution >= 0.6 is 11.6 Å². The van der Waals surface area contributed by atoms with Gasteiger partial charge in [0.2, 0.25) is 0 Å². The fraction of sp³-hybridized carbons (Fsp3) is 0.545. The van der Waals surface area contributed by atoms with Gasteiger partial charge in [0.25, 0.3) is 0 Å². The van der Waals surface area contributed by atoms with Crippen molar-refractivity contribution >= 4 is 11.6 Å². The van der Waals surface area contributed by atoms with Gasteiger partial charge < -0.3 is 15.5 Å². The molecule has 0 saturated heterocycles. The first-order valence-electron chi connectivity index (χ1n) is 5.50. The molecule has 4 nitrogen and oxygen atoms in total. The Labute approximate surface area is 113 Å². The molecule has 0 radical (unpaired) electrons. The number of hydrogen-bond acceptors (Lipinski definition) is 4. The number of halogens is 4. The number of pyridine rings is 1. The standard InChI is InChI=1S/C11H14ClF3N2O2/c1-16-3-2-8(18)9(19)6-4-7(11(13,14)15)10(12)17-5-6/h4-5,8-9,16,18-19H,2-3H2,1H3. The molecule has 8 heteroatoms. The zero-order chi connectivity index (χ0) is 14.6. The number of nitrogens with zero attached hydrogens (tertiary/aromatic N) is 1. The predicted octanol–water partition coefficient (Wildman–Crippen LogP) is 1.76. The summed E-state index contributed by atoms with van der Waals surface area (Å²) in [6.07, 6.45) is -6.07. The van der Waals surface area contributed by atoms with E-state index in [-0.39, 0.29) is 12.0 Å². The average Bonchev–Trinajstić information content (AvgIpc) is 2.34. The summed E-state index contributed by atoms with van der Waals surface area (Å²) in [5.74, 6) is 0. The van der Waals surface area contributed by atoms with Gasteiger partial charge in [0.1, 0.15) is 11.3 Å². The summed E-state index contributed by atoms with van der Waals surface area (Å²) in [5.41, 5.74) is -1.26. The Morgan fingerprint density at radius 3 is 2.58 bits per heavy atom. The van der Waals surface area contributed by atoms with Gasteiger partial charge in [-0.15, -0.1) is 0 Å². The maximum atomic E-state index is 12.6. The van der Waals surface area contributed by atoms with Crippen LogP contribution < -0.4 is 5.32 Å². The lowest BCUT2D eigenvalue weighted by molar-refractivity contribution is -0.137. The molecule has 1 heterocycles. The van der Waals surface area contributed by atoms with Crippen molar-refractivity contribution in [1.29, 1.82) is 0 Å². The fourth-order valence-corrected chi connectivity index (χ4v) is 1.71. The van der Waals surface area contributed by atoms with Gasteiger partial charge in [0, 0.05) is 11.8 Å². The van der Waals surface area contributed by atoms with Gasteiger partial charge in [-0.3, -0.25) is 0 Å². The van der Waals surface area contributed by atoms with E-state index < -0.39 is 29.1 Å². The van der Waals surface area contributed by atoms with E-state index in [4.69, 9.17) is 11.6 Å². The highest BCUT2D eigenvalue weighted by Gasteiger charge is 2.35. The summed E-state index contributed by atoms with van der Waals surface area (Å²) in [4.78, 5) is 3.39. The first-order chi connectivity index (χ1) is 8.77. The van der Waals surface area contributed by atoms with Gasteiger partial charge in [0.05, 0.1) is 11.7 Å². The van der Waals surface area contributed by atoms with Crippen molar-refractivity contribution in [3.05, 3.63) is 28.5 Å². The molecule has 0 fully saturated rings. The molecule has 1 aromatic heterocycles. The number of aromatic nitrogens is 1. The lowest BCUT2D eigenvalue weighted by Crippen LogP contribution is -2.23. The lowest BCUT2D eigenvalue weighted by Gasteiger charge is -2.19. The average molecular weight is 299 g/mol. The van der Waals surface area contributed by atoms with Crippen LogP contribution in [0.4, 0.5) is 13.2 Å². The van der Waals surface area contributed by atoms with E-state index in [1.807, 2.05) is 0 Å². The second kappa shape index (κ2) is 6.51. The number of hydrogen-bond donors (Lipinski definition) is 3. The normalized spacial score (nSPS) is 15.3. The van der Waals surface area contributed by atoms with Gasteiger partial charge in [-0.25, -0.2) is 4.98 Å². The van der Waals surface area contributed by atoms with E-state index >= 15 is 0 Å². The van der Waals surface area contributed by atoms with E-state index in [1.165, 1.54) is 0 Å². The van der Waals surface area contributed by atoms with E-state index in [0.717, 1.165) is 6.20 Å². The third kappa shape index (κ3) is 4.31. The topological polar surface area (TPSA) is 65.4 Å². The van der Waals surface area contributed by atoms with Crippen molar-refractivity contribution in [2.45, 2.75) is 24.8 Å². The van der Waals surface area contributed by atoms with Crippen LogP contribution in [0, 0.1) is 0 Å². The third-order valence-electron chi connectivity index (χ3n) is 2.56. The second-order valence-corrected chi connectivity index (χ2v) is 4.37. The van der Waals surface area contributed by atoms with E-state index in [9.17, 15) is 23.4 Å². The Kier molecular flexibility index (Phi) is 5.54. The molecule has 0 bridgehead atoms. The molecule has 0 saturated carbocycles. The summed E-state index contributed by atoms with van der Waals surface area (Å²) in [6.45, 7) is 0.422. The van der Waals surface area contributed by atoms with Crippen molar-refractivity contribution in [3.8, 4) is 0 Å². The van der Waals surface area contributed by atoms with E-state index in [0.29, 0.717) is 12.6 Å². The fourth-order valence-electron chi connectivity index (χ4n) is 1.50. The lowest BCUT2D eigenvalue weighted by atomic mass is 10.0. The van der Waals surface area contributed by atoms with Crippen LogP contribution in [-0.2, 0) is 6.18 Å². The monoisotopic (exact) mass is 298 g/mol. The molecule has 0 aliphatic rings. The summed E-state index contributed by atoms with van der Waals surface area (Å²) in [6, 6.07) is 0.697. The second-order valence-electron chi connectivity index (χ2n) is 4.01. The zero-order valence-electron chi connectivity index (χ0n) is 10.1. The largest absolute Gasteiger partial charge is 0.419 e. The SMILES string of the molecule is CNCCC(O)C(O)c1cnc(Cl)c(C(F)(F)F)c1. The predicted molar refractivity (Wildman–Crippen MR) is 63.8 cm³/mol. The van der Waals surface area contributed by atoms with Crippen LogP contribution in [0.5, 0.6) is 0 Å². The van der Waals surface area contributed by atoms with Crippen molar-refractivity contribution in [2.24, 2.45) is 0 Å². The Bertz CT molecular complexity index is 429. The van der Waals surface area contributed by atoms with Crippen molar-refractivity contribution in [2.75, 3.05) is 13.6 Å². The van der Waals surface area contributed by atoms with Crippen LogP contribution in [0.15, 0.2) is 12.3 Å². The number of aliphatic hydroxyl groups excluding tert-OH is 2. The summed E-state index contributed by atoms with van der Waals surface area (Å²) in [7, 11) is 1.66. The molecule has 1 rings (SSSR count). The highest BCUT2D eigenvalue weighted by atomic mass is 35.5. The van der Waals surface area contributed by atoms with E-state index in [2.05, 4.69) is 10.3 Å². The summed E-state index contributed by atoms with van der Waals surface area (Å²) in [5, 5.41) is 21.5. The van der Waals surface area contributed by atoms with E-state index in [1.54, 1.807) is 7.05 Å². The molecule has 0 aliphatic carbocycles. The molecule has 2 unspecified atom stereocenters. The molecule has 0 spiro atoms. The zero-order valence-corrected chi connectivity index (χ0v) is 10.8. The molecule has 0 aromatic carbocycles. The maximum Gasteiger partial charge on any atom is 0.419 e. The van der Waals surface area contributed by atoms with Gasteiger partial charge in [0.15, 0.2) is 0 Å². The minimum atomic E-state index is -4.66. The van der Waals surface area contributed by atoms with Gasteiger partial charge >= 0.3 is 6.18 Å². The van der Waals surface area contributed by atoms with Crippen molar-refractivity contribution in [1.82, 2.24) is 10.3 Å². The smallest absolute Gasteiger partial charge is 0.390 e. The molecule has 0 aliphatic heterocycles. The summed E-state index contributed by atoms with van der Waals surface area (Å²) >= 11 is 5.36. The van der Waals surface area contributed by atoms with Crippen LogP contribution in [0.3, 0.4) is 0 Å².